The summed E-state index contributed by atoms with van der Waals surface area (Å²) in [6.07, 6.45) is 4.90. The van der Waals surface area contributed by atoms with Crippen LogP contribution in [-0.2, 0) is 19.0 Å². The molecular formula is C13H20O4. The molecule has 0 amide bonds. The van der Waals surface area contributed by atoms with Gasteiger partial charge < -0.3 is 14.2 Å². The van der Waals surface area contributed by atoms with Gasteiger partial charge in [-0.1, -0.05) is 0 Å². The number of ether oxygens (including phenoxy) is 3. The summed E-state index contributed by atoms with van der Waals surface area (Å²) < 4.78 is 16.7. The Kier molecular flexibility index (Phi) is 3.19. The number of carbonyl (C=O) groups is 1. The fraction of sp³-hybridized carbons (Fsp3) is 0.923. The molecule has 2 saturated heterocycles. The Bertz CT molecular complexity index is 292. The van der Waals surface area contributed by atoms with E-state index in [1.54, 1.807) is 0 Å². The Morgan fingerprint density at radius 1 is 1.18 bits per heavy atom. The zero-order valence-electron chi connectivity index (χ0n) is 10.2. The maximum Gasteiger partial charge on any atom is 0.167 e. The molecule has 96 valence electrons. The summed E-state index contributed by atoms with van der Waals surface area (Å²) in [5, 5.41) is 0. The highest BCUT2D eigenvalue weighted by Crippen LogP contribution is 2.44. The maximum atomic E-state index is 12.3. The molecule has 3 rings (SSSR count). The molecule has 2 heterocycles. The van der Waals surface area contributed by atoms with Gasteiger partial charge in [-0.05, 0) is 32.1 Å². The SMILES string of the molecule is O=C(C1CCOC2(CCC2)C1)C1COCCO1. The van der Waals surface area contributed by atoms with Crippen LogP contribution in [0.4, 0.5) is 0 Å². The normalized spacial score (nSPS) is 36.5. The molecule has 2 aliphatic heterocycles. The van der Waals surface area contributed by atoms with Crippen LogP contribution in [0.15, 0.2) is 0 Å². The Balaban J connectivity index is 1.60. The molecule has 17 heavy (non-hydrogen) atoms. The highest BCUT2D eigenvalue weighted by molar-refractivity contribution is 5.85. The number of hydrogen-bond acceptors (Lipinski definition) is 4. The standard InChI is InChI=1S/C13H20O4/c14-12(11-9-15-6-7-16-11)10-2-5-17-13(8-10)3-1-4-13/h10-11H,1-9H2. The lowest BCUT2D eigenvalue weighted by atomic mass is 9.70. The summed E-state index contributed by atoms with van der Waals surface area (Å²) in [4.78, 5) is 12.3. The summed E-state index contributed by atoms with van der Waals surface area (Å²) in [5.74, 6) is 0.357. The molecule has 2 atom stereocenters. The Labute approximate surface area is 102 Å². The van der Waals surface area contributed by atoms with Crippen molar-refractivity contribution in [1.29, 1.82) is 0 Å². The van der Waals surface area contributed by atoms with Crippen molar-refractivity contribution in [2.24, 2.45) is 5.92 Å². The molecule has 1 aliphatic carbocycles. The number of hydrogen-bond donors (Lipinski definition) is 0. The molecule has 3 aliphatic rings. The van der Waals surface area contributed by atoms with Crippen LogP contribution in [0.1, 0.15) is 32.1 Å². The van der Waals surface area contributed by atoms with Crippen molar-refractivity contribution in [3.05, 3.63) is 0 Å². The number of carbonyl (C=O) groups excluding carboxylic acids is 1. The number of rotatable bonds is 2. The lowest BCUT2D eigenvalue weighted by molar-refractivity contribution is -0.169. The van der Waals surface area contributed by atoms with Gasteiger partial charge in [0.05, 0.1) is 25.4 Å². The topological polar surface area (TPSA) is 44.8 Å². The first-order valence-corrected chi connectivity index (χ1v) is 6.66. The van der Waals surface area contributed by atoms with Crippen LogP contribution >= 0.6 is 0 Å². The van der Waals surface area contributed by atoms with Crippen LogP contribution in [0.3, 0.4) is 0 Å². The minimum atomic E-state index is -0.330. The van der Waals surface area contributed by atoms with Crippen LogP contribution in [0, 0.1) is 5.92 Å². The summed E-state index contributed by atoms with van der Waals surface area (Å²) in [7, 11) is 0. The summed E-state index contributed by atoms with van der Waals surface area (Å²) in [5.41, 5.74) is 0.0358. The van der Waals surface area contributed by atoms with Gasteiger partial charge in [-0.25, -0.2) is 0 Å². The zero-order valence-corrected chi connectivity index (χ0v) is 10.2. The zero-order chi connectivity index (χ0) is 11.7. The average Bonchev–Trinajstić information content (AvgIpc) is 2.37. The molecule has 0 aromatic rings. The first-order chi connectivity index (χ1) is 8.29. The molecule has 0 bridgehead atoms. The van der Waals surface area contributed by atoms with Gasteiger partial charge in [0.15, 0.2) is 5.78 Å². The largest absolute Gasteiger partial charge is 0.376 e. The van der Waals surface area contributed by atoms with Gasteiger partial charge in [-0.3, -0.25) is 4.79 Å². The quantitative estimate of drug-likeness (QED) is 0.730. The Morgan fingerprint density at radius 2 is 2.06 bits per heavy atom. The number of ketones is 1. The second-order valence-corrected chi connectivity index (χ2v) is 5.41. The van der Waals surface area contributed by atoms with E-state index in [2.05, 4.69) is 0 Å². The van der Waals surface area contributed by atoms with E-state index in [-0.39, 0.29) is 23.4 Å². The third-order valence-electron chi connectivity index (χ3n) is 4.29. The van der Waals surface area contributed by atoms with Crippen LogP contribution in [-0.4, -0.2) is 43.9 Å². The number of Topliss-reactive ketones (excluding diaryl/α,β-unsaturated/α-hetero) is 1. The lowest BCUT2D eigenvalue weighted by Crippen LogP contribution is -2.49. The van der Waals surface area contributed by atoms with E-state index in [4.69, 9.17) is 14.2 Å². The van der Waals surface area contributed by atoms with Gasteiger partial charge in [0, 0.05) is 12.5 Å². The van der Waals surface area contributed by atoms with Crippen molar-refractivity contribution in [2.45, 2.75) is 43.8 Å². The van der Waals surface area contributed by atoms with Crippen molar-refractivity contribution in [3.63, 3.8) is 0 Å². The van der Waals surface area contributed by atoms with E-state index in [0.29, 0.717) is 19.8 Å². The smallest absolute Gasteiger partial charge is 0.167 e. The van der Waals surface area contributed by atoms with Crippen LogP contribution < -0.4 is 0 Å². The van der Waals surface area contributed by atoms with Crippen molar-refractivity contribution in [1.82, 2.24) is 0 Å². The molecule has 2 unspecified atom stereocenters. The second-order valence-electron chi connectivity index (χ2n) is 5.41. The molecule has 0 radical (unpaired) electrons. The van der Waals surface area contributed by atoms with Crippen molar-refractivity contribution in [2.75, 3.05) is 26.4 Å². The highest BCUT2D eigenvalue weighted by atomic mass is 16.6. The van der Waals surface area contributed by atoms with Crippen molar-refractivity contribution >= 4 is 5.78 Å². The van der Waals surface area contributed by atoms with Gasteiger partial charge in [0.1, 0.15) is 6.10 Å². The summed E-state index contributed by atoms with van der Waals surface area (Å²) >= 11 is 0. The van der Waals surface area contributed by atoms with E-state index in [1.807, 2.05) is 0 Å². The van der Waals surface area contributed by atoms with Gasteiger partial charge in [-0.15, -0.1) is 0 Å². The molecule has 0 aromatic heterocycles. The first kappa shape index (κ1) is 11.6. The average molecular weight is 240 g/mol. The monoisotopic (exact) mass is 240 g/mol. The third-order valence-corrected chi connectivity index (χ3v) is 4.29. The van der Waals surface area contributed by atoms with E-state index in [0.717, 1.165) is 32.3 Å². The van der Waals surface area contributed by atoms with Crippen LogP contribution in [0.25, 0.3) is 0 Å². The third kappa shape index (κ3) is 2.26. The van der Waals surface area contributed by atoms with Gasteiger partial charge in [0.2, 0.25) is 0 Å². The fourth-order valence-corrected chi connectivity index (χ4v) is 3.11. The summed E-state index contributed by atoms with van der Waals surface area (Å²) in [6.45, 7) is 2.32. The molecular weight excluding hydrogens is 220 g/mol. The van der Waals surface area contributed by atoms with Gasteiger partial charge in [-0.2, -0.15) is 0 Å². The lowest BCUT2D eigenvalue weighted by Gasteiger charge is -2.47. The maximum absolute atomic E-state index is 12.3. The molecule has 3 fully saturated rings. The summed E-state index contributed by atoms with van der Waals surface area (Å²) in [6, 6.07) is 0. The van der Waals surface area contributed by atoms with E-state index in [1.165, 1.54) is 6.42 Å². The van der Waals surface area contributed by atoms with E-state index < -0.39 is 0 Å². The molecule has 4 nitrogen and oxygen atoms in total. The minimum Gasteiger partial charge on any atom is -0.376 e. The van der Waals surface area contributed by atoms with Crippen LogP contribution in [0.5, 0.6) is 0 Å². The predicted molar refractivity (Wildman–Crippen MR) is 60.8 cm³/mol. The molecule has 1 spiro atoms. The predicted octanol–water partition coefficient (Wildman–Crippen LogP) is 1.32. The van der Waals surface area contributed by atoms with Crippen molar-refractivity contribution < 1.29 is 19.0 Å². The Hall–Kier alpha value is -0.450. The minimum absolute atomic E-state index is 0.0358. The fourth-order valence-electron chi connectivity index (χ4n) is 3.11. The van der Waals surface area contributed by atoms with Gasteiger partial charge in [0.25, 0.3) is 0 Å². The highest BCUT2D eigenvalue weighted by Gasteiger charge is 2.45. The molecule has 4 heteroatoms. The first-order valence-electron chi connectivity index (χ1n) is 6.66. The van der Waals surface area contributed by atoms with Gasteiger partial charge >= 0.3 is 0 Å². The van der Waals surface area contributed by atoms with E-state index >= 15 is 0 Å². The van der Waals surface area contributed by atoms with Crippen molar-refractivity contribution in [3.8, 4) is 0 Å². The molecule has 0 aromatic carbocycles. The van der Waals surface area contributed by atoms with Crippen LogP contribution in [0.2, 0.25) is 0 Å². The molecule has 1 saturated carbocycles. The molecule has 0 N–H and O–H groups in total. The van der Waals surface area contributed by atoms with E-state index in [9.17, 15) is 4.79 Å². The Morgan fingerprint density at radius 3 is 2.71 bits per heavy atom. The second kappa shape index (κ2) is 4.67.